The third kappa shape index (κ3) is 4.65. The van der Waals surface area contributed by atoms with E-state index in [2.05, 4.69) is 36.5 Å². The number of quaternary nitrogens is 1. The van der Waals surface area contributed by atoms with Crippen molar-refractivity contribution in [1.29, 1.82) is 0 Å². The van der Waals surface area contributed by atoms with E-state index in [0.717, 1.165) is 31.0 Å². The average Bonchev–Trinajstić information content (AvgIpc) is 2.72. The maximum Gasteiger partial charge on any atom is 0.217 e. The summed E-state index contributed by atoms with van der Waals surface area (Å²) in [5.41, 5.74) is 3.66. The molecule has 3 rings (SSSR count). The van der Waals surface area contributed by atoms with Crippen LogP contribution < -0.4 is 24.4 Å². The molecular weight excluding hydrogens is 368 g/mol. The Hall–Kier alpha value is -2.73. The monoisotopic (exact) mass is 399 g/mol. The van der Waals surface area contributed by atoms with Gasteiger partial charge in [0.15, 0.2) is 11.5 Å². The molecule has 0 spiro atoms. The van der Waals surface area contributed by atoms with Crippen LogP contribution in [-0.2, 0) is 17.8 Å². The van der Waals surface area contributed by atoms with Gasteiger partial charge in [-0.3, -0.25) is 4.79 Å². The standard InChI is InChI=1S/C23H30N2O4/c1-15(24-16(2)26)23-20-13-22(29-5)21(28-4)12-18(20)9-10-25(23)14-17-7-6-8-19(11-17)27-3/h6-8,11-13,15,23H,9-10,14H2,1-5H3,(H,24,26)/p+1/t15-,23-/m0/s1. The van der Waals surface area contributed by atoms with E-state index in [9.17, 15) is 4.79 Å². The number of ether oxygens (including phenoxy) is 3. The van der Waals surface area contributed by atoms with Crippen LogP contribution in [0, 0.1) is 0 Å². The quantitative estimate of drug-likeness (QED) is 0.747. The molecule has 3 atom stereocenters. The Morgan fingerprint density at radius 3 is 2.52 bits per heavy atom. The summed E-state index contributed by atoms with van der Waals surface area (Å²) in [6, 6.07) is 12.4. The zero-order valence-corrected chi connectivity index (χ0v) is 17.9. The second-order valence-electron chi connectivity index (χ2n) is 7.56. The lowest BCUT2D eigenvalue weighted by Gasteiger charge is -2.38. The summed E-state index contributed by atoms with van der Waals surface area (Å²) in [6.07, 6.45) is 0.943. The fraction of sp³-hybridized carbons (Fsp3) is 0.435. The van der Waals surface area contributed by atoms with Crippen LogP contribution in [0.4, 0.5) is 0 Å². The molecule has 2 N–H and O–H groups in total. The molecule has 2 aromatic carbocycles. The molecule has 0 aliphatic carbocycles. The summed E-state index contributed by atoms with van der Waals surface area (Å²) in [5, 5.41) is 3.10. The lowest BCUT2D eigenvalue weighted by molar-refractivity contribution is -0.948. The van der Waals surface area contributed by atoms with Crippen LogP contribution >= 0.6 is 0 Å². The number of fused-ring (bicyclic) bond motifs is 1. The molecule has 1 amide bonds. The Balaban J connectivity index is 1.99. The fourth-order valence-corrected chi connectivity index (χ4v) is 4.38. The van der Waals surface area contributed by atoms with Gasteiger partial charge in [-0.15, -0.1) is 0 Å². The molecule has 0 radical (unpaired) electrons. The van der Waals surface area contributed by atoms with Gasteiger partial charge in [0.05, 0.1) is 33.9 Å². The molecular formula is C23H31N2O4+. The summed E-state index contributed by atoms with van der Waals surface area (Å²) in [5.74, 6) is 2.30. The van der Waals surface area contributed by atoms with E-state index >= 15 is 0 Å². The number of hydrogen-bond acceptors (Lipinski definition) is 4. The van der Waals surface area contributed by atoms with E-state index in [1.165, 1.54) is 21.6 Å². The summed E-state index contributed by atoms with van der Waals surface area (Å²) < 4.78 is 16.4. The summed E-state index contributed by atoms with van der Waals surface area (Å²) >= 11 is 0. The van der Waals surface area contributed by atoms with E-state index in [1.54, 1.807) is 28.3 Å². The highest BCUT2D eigenvalue weighted by Crippen LogP contribution is 2.35. The Bertz CT molecular complexity index is 868. The third-order valence-electron chi connectivity index (χ3n) is 5.63. The van der Waals surface area contributed by atoms with Crippen molar-refractivity contribution in [3.8, 4) is 17.2 Å². The topological polar surface area (TPSA) is 61.2 Å². The smallest absolute Gasteiger partial charge is 0.217 e. The number of methoxy groups -OCH3 is 3. The van der Waals surface area contributed by atoms with Gasteiger partial charge < -0.3 is 24.4 Å². The minimum Gasteiger partial charge on any atom is -0.497 e. The minimum absolute atomic E-state index is 0.0224. The first kappa shape index (κ1) is 21.0. The highest BCUT2D eigenvalue weighted by atomic mass is 16.5. The Morgan fingerprint density at radius 1 is 1.14 bits per heavy atom. The van der Waals surface area contributed by atoms with Gasteiger partial charge in [0.2, 0.25) is 5.91 Å². The molecule has 2 aromatic rings. The van der Waals surface area contributed by atoms with Crippen molar-refractivity contribution in [2.45, 2.75) is 38.9 Å². The van der Waals surface area contributed by atoms with Crippen LogP contribution in [0.15, 0.2) is 36.4 Å². The maximum absolute atomic E-state index is 11.8. The second kappa shape index (κ2) is 9.18. The second-order valence-corrected chi connectivity index (χ2v) is 7.56. The van der Waals surface area contributed by atoms with Crippen LogP contribution in [0.25, 0.3) is 0 Å². The van der Waals surface area contributed by atoms with Crippen molar-refractivity contribution in [3.63, 3.8) is 0 Å². The summed E-state index contributed by atoms with van der Waals surface area (Å²) in [4.78, 5) is 13.2. The van der Waals surface area contributed by atoms with Crippen LogP contribution in [0.2, 0.25) is 0 Å². The number of benzene rings is 2. The first-order valence-electron chi connectivity index (χ1n) is 9.96. The van der Waals surface area contributed by atoms with Crippen molar-refractivity contribution < 1.29 is 23.9 Å². The normalized spacial score (nSPS) is 19.1. The zero-order valence-electron chi connectivity index (χ0n) is 17.9. The van der Waals surface area contributed by atoms with E-state index in [0.29, 0.717) is 5.75 Å². The van der Waals surface area contributed by atoms with Crippen molar-refractivity contribution in [2.24, 2.45) is 0 Å². The number of carbonyl (C=O) groups excluding carboxylic acids is 1. The molecule has 1 unspecified atom stereocenters. The largest absolute Gasteiger partial charge is 0.497 e. The van der Waals surface area contributed by atoms with Crippen molar-refractivity contribution in [3.05, 3.63) is 53.1 Å². The van der Waals surface area contributed by atoms with Gasteiger partial charge in [-0.25, -0.2) is 0 Å². The van der Waals surface area contributed by atoms with E-state index in [4.69, 9.17) is 14.2 Å². The fourth-order valence-electron chi connectivity index (χ4n) is 4.38. The van der Waals surface area contributed by atoms with Gasteiger partial charge in [-0.05, 0) is 36.8 Å². The van der Waals surface area contributed by atoms with Crippen molar-refractivity contribution >= 4 is 5.91 Å². The molecule has 0 bridgehead atoms. The molecule has 0 aromatic heterocycles. The van der Waals surface area contributed by atoms with Crippen LogP contribution in [-0.4, -0.2) is 39.8 Å². The van der Waals surface area contributed by atoms with Gasteiger partial charge in [-0.2, -0.15) is 0 Å². The number of carbonyl (C=O) groups is 1. The zero-order chi connectivity index (χ0) is 21.0. The lowest BCUT2D eigenvalue weighted by Crippen LogP contribution is -3.13. The summed E-state index contributed by atoms with van der Waals surface area (Å²) in [6.45, 7) is 5.45. The molecule has 1 heterocycles. The molecule has 156 valence electrons. The Morgan fingerprint density at radius 2 is 1.86 bits per heavy atom. The van der Waals surface area contributed by atoms with E-state index in [-0.39, 0.29) is 18.0 Å². The molecule has 6 heteroatoms. The van der Waals surface area contributed by atoms with Crippen molar-refractivity contribution in [2.75, 3.05) is 27.9 Å². The molecule has 6 nitrogen and oxygen atoms in total. The predicted octanol–water partition coefficient (Wildman–Crippen LogP) is 1.92. The predicted molar refractivity (Wildman–Crippen MR) is 112 cm³/mol. The molecule has 0 saturated carbocycles. The highest BCUT2D eigenvalue weighted by Gasteiger charge is 2.36. The summed E-state index contributed by atoms with van der Waals surface area (Å²) in [7, 11) is 5.00. The molecule has 0 saturated heterocycles. The van der Waals surface area contributed by atoms with Gasteiger partial charge in [0, 0.05) is 24.5 Å². The number of hydrogen-bond donors (Lipinski definition) is 2. The van der Waals surface area contributed by atoms with Crippen LogP contribution in [0.1, 0.15) is 36.6 Å². The Kier molecular flexibility index (Phi) is 6.64. The van der Waals surface area contributed by atoms with Gasteiger partial charge >= 0.3 is 0 Å². The number of nitrogens with one attached hydrogen (secondary N) is 2. The van der Waals surface area contributed by atoms with Gasteiger partial charge in [0.1, 0.15) is 18.3 Å². The van der Waals surface area contributed by atoms with E-state index < -0.39 is 0 Å². The van der Waals surface area contributed by atoms with Crippen LogP contribution in [0.3, 0.4) is 0 Å². The SMILES string of the molecule is COc1cccc(C[NH+]2CCc3cc(OC)c(OC)cc3[C@@H]2[C@H](C)NC(C)=O)c1. The first-order chi connectivity index (χ1) is 14.0. The number of rotatable bonds is 7. The maximum atomic E-state index is 11.8. The minimum atomic E-state index is -0.0229. The first-order valence-corrected chi connectivity index (χ1v) is 9.96. The van der Waals surface area contributed by atoms with Gasteiger partial charge in [-0.1, -0.05) is 12.1 Å². The van der Waals surface area contributed by atoms with Gasteiger partial charge in [0.25, 0.3) is 0 Å². The van der Waals surface area contributed by atoms with Crippen molar-refractivity contribution in [1.82, 2.24) is 5.32 Å². The van der Waals surface area contributed by atoms with E-state index in [1.807, 2.05) is 12.1 Å². The Labute approximate surface area is 172 Å². The molecule has 29 heavy (non-hydrogen) atoms. The molecule has 0 fully saturated rings. The molecule has 1 aliphatic heterocycles. The lowest BCUT2D eigenvalue weighted by atomic mass is 9.87. The number of amides is 1. The van der Waals surface area contributed by atoms with Crippen LogP contribution in [0.5, 0.6) is 17.2 Å². The highest BCUT2D eigenvalue weighted by molar-refractivity contribution is 5.73. The average molecular weight is 400 g/mol. The third-order valence-corrected chi connectivity index (χ3v) is 5.63. The molecule has 1 aliphatic rings.